The minimum atomic E-state index is -0.809. The van der Waals surface area contributed by atoms with Gasteiger partial charge in [-0.25, -0.2) is 4.79 Å². The Hall–Kier alpha value is -2.61. The van der Waals surface area contributed by atoms with Crippen molar-refractivity contribution in [3.63, 3.8) is 0 Å². The number of amides is 4. The van der Waals surface area contributed by atoms with Crippen molar-refractivity contribution in [1.29, 1.82) is 0 Å². The number of anilines is 1. The van der Waals surface area contributed by atoms with Gasteiger partial charge >= 0.3 is 6.03 Å². The van der Waals surface area contributed by atoms with Gasteiger partial charge < -0.3 is 10.2 Å². The monoisotopic (exact) mass is 399 g/mol. The third-order valence-corrected chi connectivity index (χ3v) is 6.25. The number of piperazine rings is 1. The number of carbonyl (C=O) groups excluding carboxylic acids is 3. The van der Waals surface area contributed by atoms with Crippen molar-refractivity contribution in [3.05, 3.63) is 30.3 Å². The second-order valence-electron chi connectivity index (χ2n) is 8.16. The molecule has 1 aromatic carbocycles. The Morgan fingerprint density at radius 2 is 1.69 bits per heavy atom. The average molecular weight is 399 g/mol. The third kappa shape index (κ3) is 4.22. The van der Waals surface area contributed by atoms with Crippen LogP contribution >= 0.6 is 0 Å². The lowest BCUT2D eigenvalue weighted by atomic mass is 9.82. The van der Waals surface area contributed by atoms with Gasteiger partial charge in [-0.3, -0.25) is 19.9 Å². The molecule has 0 radical (unpaired) electrons. The van der Waals surface area contributed by atoms with E-state index in [2.05, 4.69) is 32.7 Å². The second-order valence-corrected chi connectivity index (χ2v) is 8.16. The van der Waals surface area contributed by atoms with Crippen LogP contribution in [0, 0.1) is 0 Å². The van der Waals surface area contributed by atoms with Crippen LogP contribution < -0.4 is 15.6 Å². The molecule has 0 aromatic heterocycles. The van der Waals surface area contributed by atoms with Crippen LogP contribution in [0.1, 0.15) is 38.5 Å². The Kier molecular flexibility index (Phi) is 5.71. The Morgan fingerprint density at radius 1 is 1.00 bits per heavy atom. The number of nitrogens with one attached hydrogen (secondary N) is 2. The summed E-state index contributed by atoms with van der Waals surface area (Å²) in [5.41, 5.74) is 2.93. The van der Waals surface area contributed by atoms with Crippen LogP contribution in [0.15, 0.2) is 30.3 Å². The lowest BCUT2D eigenvalue weighted by Crippen LogP contribution is -2.51. The van der Waals surface area contributed by atoms with E-state index in [0.29, 0.717) is 19.4 Å². The minimum absolute atomic E-state index is 0.259. The van der Waals surface area contributed by atoms with E-state index in [1.807, 2.05) is 18.2 Å². The van der Waals surface area contributed by atoms with Crippen LogP contribution in [0.3, 0.4) is 0 Å². The molecule has 8 heteroatoms. The quantitative estimate of drug-likeness (QED) is 0.733. The fraction of sp³-hybridized carbons (Fsp3) is 0.571. The van der Waals surface area contributed by atoms with E-state index in [4.69, 9.17) is 0 Å². The fourth-order valence-electron chi connectivity index (χ4n) is 4.52. The molecule has 2 heterocycles. The number of urea groups is 1. The van der Waals surface area contributed by atoms with Gasteiger partial charge in [-0.15, -0.1) is 0 Å². The van der Waals surface area contributed by atoms with Gasteiger partial charge in [-0.2, -0.15) is 5.01 Å². The number of nitrogens with zero attached hydrogens (tertiary/aromatic N) is 3. The molecule has 1 spiro atoms. The first-order valence-electron chi connectivity index (χ1n) is 10.6. The largest absolute Gasteiger partial charge is 0.369 e. The third-order valence-electron chi connectivity index (χ3n) is 6.25. The van der Waals surface area contributed by atoms with Crippen LogP contribution in [-0.4, -0.2) is 66.0 Å². The molecule has 4 rings (SSSR count). The Morgan fingerprint density at radius 3 is 2.38 bits per heavy atom. The highest BCUT2D eigenvalue weighted by Crippen LogP contribution is 2.33. The average Bonchev–Trinajstić information content (AvgIpc) is 2.97. The van der Waals surface area contributed by atoms with Crippen LogP contribution in [0.2, 0.25) is 0 Å². The molecule has 8 nitrogen and oxygen atoms in total. The summed E-state index contributed by atoms with van der Waals surface area (Å²) < 4.78 is 0. The number of imide groups is 1. The standard InChI is InChI=1S/C21H29N5O3/c27-18(23-26-19(28)21(22-20(26)29)10-5-2-6-11-21)9-12-24-13-15-25(16-14-24)17-7-3-1-4-8-17/h1,3-4,7-8H,2,5-6,9-16H2,(H,22,29)(H,23,27). The highest BCUT2D eigenvalue weighted by atomic mass is 16.2. The fourth-order valence-corrected chi connectivity index (χ4v) is 4.52. The van der Waals surface area contributed by atoms with E-state index in [1.54, 1.807) is 0 Å². The summed E-state index contributed by atoms with van der Waals surface area (Å²) in [5.74, 6) is -0.612. The van der Waals surface area contributed by atoms with Crippen molar-refractivity contribution in [3.8, 4) is 0 Å². The van der Waals surface area contributed by atoms with Gasteiger partial charge in [0.05, 0.1) is 0 Å². The van der Waals surface area contributed by atoms with Gasteiger partial charge in [0.1, 0.15) is 5.54 Å². The van der Waals surface area contributed by atoms with E-state index in [9.17, 15) is 14.4 Å². The molecule has 1 aromatic rings. The molecule has 1 saturated carbocycles. The van der Waals surface area contributed by atoms with Crippen molar-refractivity contribution < 1.29 is 14.4 Å². The molecule has 1 aliphatic carbocycles. The molecule has 2 saturated heterocycles. The van der Waals surface area contributed by atoms with Crippen molar-refractivity contribution in [2.24, 2.45) is 0 Å². The lowest BCUT2D eigenvalue weighted by molar-refractivity contribution is -0.140. The summed E-state index contributed by atoms with van der Waals surface area (Å²) in [6, 6.07) is 9.81. The molecule has 0 bridgehead atoms. The minimum Gasteiger partial charge on any atom is -0.369 e. The number of benzene rings is 1. The number of hydrogen-bond donors (Lipinski definition) is 2. The molecule has 3 fully saturated rings. The molecule has 29 heavy (non-hydrogen) atoms. The van der Waals surface area contributed by atoms with E-state index >= 15 is 0 Å². The number of rotatable bonds is 5. The normalized spacial score (nSPS) is 22.1. The highest BCUT2D eigenvalue weighted by Gasteiger charge is 2.52. The SMILES string of the molecule is O=C(CCN1CCN(c2ccccc2)CC1)NN1C(=O)NC2(CCCCC2)C1=O. The number of para-hydroxylation sites is 1. The predicted octanol–water partition coefficient (Wildman–Crippen LogP) is 1.48. The number of carbonyl (C=O) groups is 3. The zero-order chi connectivity index (χ0) is 20.3. The maximum absolute atomic E-state index is 12.7. The molecule has 156 valence electrons. The first-order chi connectivity index (χ1) is 14.1. The van der Waals surface area contributed by atoms with Crippen molar-refractivity contribution in [1.82, 2.24) is 20.7 Å². The molecule has 2 aliphatic heterocycles. The Labute approximate surface area is 171 Å². The van der Waals surface area contributed by atoms with Crippen LogP contribution in [-0.2, 0) is 9.59 Å². The summed E-state index contributed by atoms with van der Waals surface area (Å²) >= 11 is 0. The summed E-state index contributed by atoms with van der Waals surface area (Å²) in [6.07, 6.45) is 4.47. The molecule has 4 amide bonds. The molecule has 2 N–H and O–H groups in total. The van der Waals surface area contributed by atoms with E-state index in [1.165, 1.54) is 5.69 Å². The number of hydrogen-bond acceptors (Lipinski definition) is 5. The molecular weight excluding hydrogens is 370 g/mol. The topological polar surface area (TPSA) is 85.0 Å². The summed E-state index contributed by atoms with van der Waals surface area (Å²) in [4.78, 5) is 41.9. The zero-order valence-electron chi connectivity index (χ0n) is 16.7. The molecule has 0 atom stereocenters. The maximum atomic E-state index is 12.7. The van der Waals surface area contributed by atoms with Gasteiger partial charge in [0.15, 0.2) is 0 Å². The predicted molar refractivity (Wildman–Crippen MR) is 109 cm³/mol. The molecular formula is C21H29N5O3. The zero-order valence-corrected chi connectivity index (χ0v) is 16.7. The smallest absolute Gasteiger partial charge is 0.344 e. The highest BCUT2D eigenvalue weighted by molar-refractivity contribution is 6.08. The Balaban J connectivity index is 1.23. The number of hydrazine groups is 1. The summed E-state index contributed by atoms with van der Waals surface area (Å²) in [6.45, 7) is 4.22. The van der Waals surface area contributed by atoms with Crippen LogP contribution in [0.25, 0.3) is 0 Å². The van der Waals surface area contributed by atoms with E-state index < -0.39 is 11.6 Å². The van der Waals surface area contributed by atoms with Gasteiger partial charge in [-0.05, 0) is 25.0 Å². The molecule has 3 aliphatic rings. The van der Waals surface area contributed by atoms with Gasteiger partial charge in [0.25, 0.3) is 5.91 Å². The van der Waals surface area contributed by atoms with Gasteiger partial charge in [0.2, 0.25) is 5.91 Å². The maximum Gasteiger partial charge on any atom is 0.344 e. The summed E-state index contributed by atoms with van der Waals surface area (Å²) in [5, 5.41) is 3.70. The lowest BCUT2D eigenvalue weighted by Gasteiger charge is -2.36. The van der Waals surface area contributed by atoms with E-state index in [0.717, 1.165) is 50.5 Å². The van der Waals surface area contributed by atoms with Crippen LogP contribution in [0.5, 0.6) is 0 Å². The van der Waals surface area contributed by atoms with Gasteiger partial charge in [-0.1, -0.05) is 37.5 Å². The van der Waals surface area contributed by atoms with Crippen molar-refractivity contribution in [2.45, 2.75) is 44.1 Å². The second kappa shape index (κ2) is 8.41. The first-order valence-corrected chi connectivity index (χ1v) is 10.6. The van der Waals surface area contributed by atoms with Crippen LogP contribution in [0.4, 0.5) is 10.5 Å². The van der Waals surface area contributed by atoms with Crippen molar-refractivity contribution in [2.75, 3.05) is 37.6 Å². The van der Waals surface area contributed by atoms with E-state index in [-0.39, 0.29) is 18.2 Å². The summed E-state index contributed by atoms with van der Waals surface area (Å²) in [7, 11) is 0. The van der Waals surface area contributed by atoms with Crippen molar-refractivity contribution >= 4 is 23.5 Å². The Bertz CT molecular complexity index is 755. The van der Waals surface area contributed by atoms with Gasteiger partial charge in [0, 0.05) is 44.8 Å². The molecule has 0 unspecified atom stereocenters. The first kappa shape index (κ1) is 19.7.